The third kappa shape index (κ3) is 5.25. The molecule has 1 saturated heterocycles. The maximum Gasteiger partial charge on any atom is 0.0760 e. The Bertz CT molecular complexity index is 229. The van der Waals surface area contributed by atoms with E-state index in [1.807, 2.05) is 0 Å². The molecule has 0 saturated carbocycles. The summed E-state index contributed by atoms with van der Waals surface area (Å²) in [6.07, 6.45) is 2.50. The van der Waals surface area contributed by atoms with E-state index in [1.54, 1.807) is 0 Å². The van der Waals surface area contributed by atoms with Gasteiger partial charge in [0.05, 0.1) is 11.2 Å². The number of hydrogen-bond acceptors (Lipinski definition) is 3. The minimum absolute atomic E-state index is 0.0370. The second-order valence-electron chi connectivity index (χ2n) is 6.83. The van der Waals surface area contributed by atoms with Crippen molar-refractivity contribution in [2.45, 2.75) is 71.6 Å². The van der Waals surface area contributed by atoms with E-state index >= 15 is 0 Å². The van der Waals surface area contributed by atoms with Crippen molar-refractivity contribution >= 4 is 0 Å². The van der Waals surface area contributed by atoms with E-state index in [0.29, 0.717) is 6.04 Å². The fourth-order valence-electron chi connectivity index (χ4n) is 3.28. The number of ether oxygens (including phenoxy) is 1. The van der Waals surface area contributed by atoms with E-state index in [2.05, 4.69) is 51.8 Å². The van der Waals surface area contributed by atoms with Crippen LogP contribution in [0.4, 0.5) is 0 Å². The Hall–Kier alpha value is -0.120. The number of hydrogen-bond donors (Lipinski definition) is 1. The zero-order valence-electron chi connectivity index (χ0n) is 13.2. The third-order valence-electron chi connectivity index (χ3n) is 3.37. The van der Waals surface area contributed by atoms with E-state index in [0.717, 1.165) is 26.2 Å². The second kappa shape index (κ2) is 6.36. The van der Waals surface area contributed by atoms with E-state index in [-0.39, 0.29) is 11.2 Å². The molecule has 1 atom stereocenters. The van der Waals surface area contributed by atoms with E-state index in [1.165, 1.54) is 12.8 Å². The Morgan fingerprint density at radius 3 is 2.11 bits per heavy atom. The summed E-state index contributed by atoms with van der Waals surface area (Å²) in [6.45, 7) is 17.5. The van der Waals surface area contributed by atoms with Crippen molar-refractivity contribution in [2.75, 3.05) is 26.2 Å². The Kier molecular flexibility index (Phi) is 5.63. The van der Waals surface area contributed by atoms with Gasteiger partial charge < -0.3 is 10.1 Å². The molecule has 1 aliphatic heterocycles. The molecule has 1 N–H and O–H groups in total. The van der Waals surface area contributed by atoms with Crippen LogP contribution in [-0.4, -0.2) is 48.3 Å². The molecule has 1 rings (SSSR count). The summed E-state index contributed by atoms with van der Waals surface area (Å²) in [6, 6.07) is 0.615. The molecule has 0 aromatic heterocycles. The van der Waals surface area contributed by atoms with Crippen molar-refractivity contribution in [3.05, 3.63) is 0 Å². The summed E-state index contributed by atoms with van der Waals surface area (Å²) in [5.74, 6) is 0. The van der Waals surface area contributed by atoms with Crippen molar-refractivity contribution < 1.29 is 4.74 Å². The third-order valence-corrected chi connectivity index (χ3v) is 3.37. The van der Waals surface area contributed by atoms with Gasteiger partial charge in [-0.25, -0.2) is 0 Å². The first-order chi connectivity index (χ1) is 8.28. The lowest BCUT2D eigenvalue weighted by atomic mass is 9.98. The number of likely N-dealkylation sites (N-methyl/N-ethyl adjacent to an activating group) is 1. The molecular formula is C15H32N2O. The van der Waals surface area contributed by atoms with Crippen LogP contribution in [0.5, 0.6) is 0 Å². The summed E-state index contributed by atoms with van der Waals surface area (Å²) < 4.78 is 6.13. The van der Waals surface area contributed by atoms with Crippen LogP contribution >= 0.6 is 0 Å². The van der Waals surface area contributed by atoms with Crippen LogP contribution in [0.25, 0.3) is 0 Å². The summed E-state index contributed by atoms with van der Waals surface area (Å²) in [4.78, 5) is 2.56. The topological polar surface area (TPSA) is 24.5 Å². The van der Waals surface area contributed by atoms with Gasteiger partial charge in [-0.05, 0) is 40.7 Å². The SMILES string of the molecule is CCCC(CN1CC(C)(C)OC(C)(C)C1)NCC. The molecule has 0 bridgehead atoms. The van der Waals surface area contributed by atoms with Crippen LogP contribution in [0, 0.1) is 0 Å². The van der Waals surface area contributed by atoms with Gasteiger partial charge in [-0.1, -0.05) is 20.3 Å². The average Bonchev–Trinajstić information content (AvgIpc) is 2.12. The van der Waals surface area contributed by atoms with Crippen molar-refractivity contribution in [3.8, 4) is 0 Å². The largest absolute Gasteiger partial charge is 0.367 e. The van der Waals surface area contributed by atoms with E-state index in [9.17, 15) is 0 Å². The molecule has 3 nitrogen and oxygen atoms in total. The molecule has 0 aliphatic carbocycles. The lowest BCUT2D eigenvalue weighted by molar-refractivity contribution is -0.181. The van der Waals surface area contributed by atoms with Gasteiger partial charge in [0, 0.05) is 25.7 Å². The first kappa shape index (κ1) is 15.9. The summed E-state index contributed by atoms with van der Waals surface area (Å²) in [5, 5.41) is 3.60. The van der Waals surface area contributed by atoms with Gasteiger partial charge in [-0.3, -0.25) is 4.90 Å². The van der Waals surface area contributed by atoms with Crippen LogP contribution in [0.1, 0.15) is 54.4 Å². The molecular weight excluding hydrogens is 224 g/mol. The quantitative estimate of drug-likeness (QED) is 0.791. The van der Waals surface area contributed by atoms with Crippen LogP contribution < -0.4 is 5.32 Å². The van der Waals surface area contributed by atoms with Crippen molar-refractivity contribution in [1.29, 1.82) is 0 Å². The highest BCUT2D eigenvalue weighted by Crippen LogP contribution is 2.28. The van der Waals surface area contributed by atoms with E-state index in [4.69, 9.17) is 4.74 Å². The lowest BCUT2D eigenvalue weighted by Gasteiger charge is -2.48. The standard InChI is InChI=1S/C15H32N2O/c1-7-9-13(16-8-2)10-17-11-14(3,4)18-15(5,6)12-17/h13,16H,7-12H2,1-6H3. The molecule has 3 heteroatoms. The number of rotatable bonds is 6. The van der Waals surface area contributed by atoms with Gasteiger partial charge in [-0.15, -0.1) is 0 Å². The highest BCUT2D eigenvalue weighted by Gasteiger charge is 2.38. The van der Waals surface area contributed by atoms with Crippen LogP contribution in [-0.2, 0) is 4.74 Å². The van der Waals surface area contributed by atoms with Crippen LogP contribution in [0.15, 0.2) is 0 Å². The average molecular weight is 256 g/mol. The fourth-order valence-corrected chi connectivity index (χ4v) is 3.28. The fraction of sp³-hybridized carbons (Fsp3) is 1.00. The molecule has 1 fully saturated rings. The minimum atomic E-state index is -0.0370. The number of nitrogens with zero attached hydrogens (tertiary/aromatic N) is 1. The Morgan fingerprint density at radius 2 is 1.67 bits per heavy atom. The van der Waals surface area contributed by atoms with Gasteiger partial charge in [0.25, 0.3) is 0 Å². The van der Waals surface area contributed by atoms with Crippen LogP contribution in [0.2, 0.25) is 0 Å². The van der Waals surface area contributed by atoms with Gasteiger partial charge in [0.1, 0.15) is 0 Å². The Balaban J connectivity index is 2.58. The van der Waals surface area contributed by atoms with Crippen LogP contribution in [0.3, 0.4) is 0 Å². The maximum atomic E-state index is 6.13. The van der Waals surface area contributed by atoms with Crippen molar-refractivity contribution in [2.24, 2.45) is 0 Å². The molecule has 0 spiro atoms. The minimum Gasteiger partial charge on any atom is -0.367 e. The van der Waals surface area contributed by atoms with E-state index < -0.39 is 0 Å². The molecule has 18 heavy (non-hydrogen) atoms. The smallest absolute Gasteiger partial charge is 0.0760 e. The predicted molar refractivity (Wildman–Crippen MR) is 78.1 cm³/mol. The molecule has 0 radical (unpaired) electrons. The molecule has 0 aromatic carbocycles. The first-order valence-corrected chi connectivity index (χ1v) is 7.44. The predicted octanol–water partition coefficient (Wildman–Crippen LogP) is 2.65. The van der Waals surface area contributed by atoms with Crippen molar-refractivity contribution in [1.82, 2.24) is 10.2 Å². The van der Waals surface area contributed by atoms with Gasteiger partial charge in [0.2, 0.25) is 0 Å². The van der Waals surface area contributed by atoms with Crippen molar-refractivity contribution in [3.63, 3.8) is 0 Å². The van der Waals surface area contributed by atoms with Gasteiger partial charge in [-0.2, -0.15) is 0 Å². The zero-order valence-corrected chi connectivity index (χ0v) is 13.2. The highest BCUT2D eigenvalue weighted by atomic mass is 16.5. The summed E-state index contributed by atoms with van der Waals surface area (Å²) in [7, 11) is 0. The first-order valence-electron chi connectivity index (χ1n) is 7.44. The molecule has 0 amide bonds. The second-order valence-corrected chi connectivity index (χ2v) is 6.83. The monoisotopic (exact) mass is 256 g/mol. The lowest BCUT2D eigenvalue weighted by Crippen LogP contribution is -2.59. The Morgan fingerprint density at radius 1 is 1.11 bits per heavy atom. The Labute approximate surface area is 113 Å². The molecule has 1 aliphatic rings. The molecule has 0 aromatic rings. The molecule has 1 heterocycles. The molecule has 108 valence electrons. The number of morpholine rings is 1. The van der Waals surface area contributed by atoms with Gasteiger partial charge in [0.15, 0.2) is 0 Å². The number of nitrogens with one attached hydrogen (secondary N) is 1. The summed E-state index contributed by atoms with van der Waals surface area (Å²) >= 11 is 0. The normalized spacial score (nSPS) is 25.0. The highest BCUT2D eigenvalue weighted by molar-refractivity contribution is 4.90. The maximum absolute atomic E-state index is 6.13. The van der Waals surface area contributed by atoms with Gasteiger partial charge >= 0.3 is 0 Å². The summed E-state index contributed by atoms with van der Waals surface area (Å²) in [5.41, 5.74) is -0.0739. The molecule has 1 unspecified atom stereocenters. The zero-order chi connectivity index (χ0) is 13.8.